The van der Waals surface area contributed by atoms with E-state index in [1.54, 1.807) is 6.21 Å². The zero-order chi connectivity index (χ0) is 21.3. The lowest BCUT2D eigenvalue weighted by Gasteiger charge is -2.31. The van der Waals surface area contributed by atoms with Crippen molar-refractivity contribution >= 4 is 6.21 Å². The Hall–Kier alpha value is -2.99. The molecule has 0 aromatic heterocycles. The summed E-state index contributed by atoms with van der Waals surface area (Å²) in [6.45, 7) is 1.63. The van der Waals surface area contributed by atoms with Crippen LogP contribution >= 0.6 is 0 Å². The van der Waals surface area contributed by atoms with Crippen LogP contribution in [0, 0.1) is 0 Å². The zero-order valence-corrected chi connectivity index (χ0v) is 17.4. The number of hydrogen-bond donors (Lipinski definition) is 1. The third kappa shape index (κ3) is 6.25. The lowest BCUT2D eigenvalue weighted by atomic mass is 10.0. The lowest BCUT2D eigenvalue weighted by molar-refractivity contribution is -0.780. The molecule has 31 heavy (non-hydrogen) atoms. The fourth-order valence-electron chi connectivity index (χ4n) is 3.61. The van der Waals surface area contributed by atoms with Crippen LogP contribution in [0.1, 0.15) is 16.7 Å². The van der Waals surface area contributed by atoms with Gasteiger partial charge in [-0.25, -0.2) is 0 Å². The fourth-order valence-corrected chi connectivity index (χ4v) is 3.61. The average Bonchev–Trinajstić information content (AvgIpc) is 2.82. The lowest BCUT2D eigenvalue weighted by Crippen LogP contribution is -2.52. The van der Waals surface area contributed by atoms with Crippen molar-refractivity contribution < 1.29 is 24.2 Å². The Morgan fingerprint density at radius 2 is 1.10 bits per heavy atom. The van der Waals surface area contributed by atoms with Crippen LogP contribution in [-0.2, 0) is 34.0 Å². The highest BCUT2D eigenvalue weighted by atomic mass is 16.6. The molecule has 0 amide bonds. The second-order valence-electron chi connectivity index (χ2n) is 7.63. The number of nitrogens with zero attached hydrogens (tertiary/aromatic N) is 1. The Morgan fingerprint density at radius 3 is 1.61 bits per heavy atom. The number of benzene rings is 3. The molecule has 3 aromatic carbocycles. The minimum absolute atomic E-state index is 0.317. The summed E-state index contributed by atoms with van der Waals surface area (Å²) < 4.78 is 19.8. The van der Waals surface area contributed by atoms with Crippen molar-refractivity contribution in [2.24, 2.45) is 0 Å². The summed E-state index contributed by atoms with van der Waals surface area (Å²) >= 11 is 0. The highest BCUT2D eigenvalue weighted by Crippen LogP contribution is 2.20. The topological polar surface area (TPSA) is 50.9 Å². The standard InChI is InChI=1S/C26H28NO4/c28-27-16-24(29-18-21-10-4-1-5-11-21)26(31-20-23-14-8-3-9-15-23)25(17-27)30-19-22-12-6-2-7-13-22/h1-16,24-26,28H,17-20H2/q+1/t24-,25+,26+/m0/s1. The van der Waals surface area contributed by atoms with E-state index in [4.69, 9.17) is 14.2 Å². The predicted octanol–water partition coefficient (Wildman–Crippen LogP) is 4.23. The molecule has 3 aromatic rings. The number of rotatable bonds is 9. The molecule has 0 spiro atoms. The Bertz CT molecular complexity index is 947. The van der Waals surface area contributed by atoms with Gasteiger partial charge >= 0.3 is 0 Å². The molecule has 3 atom stereocenters. The monoisotopic (exact) mass is 418 g/mol. The molecular formula is C26H28NO4+. The molecular weight excluding hydrogens is 390 g/mol. The number of hydroxylamine groups is 1. The van der Waals surface area contributed by atoms with Gasteiger partial charge < -0.3 is 14.2 Å². The summed E-state index contributed by atoms with van der Waals surface area (Å²) in [4.78, 5) is 0. The number of hydrogen-bond acceptors (Lipinski definition) is 4. The van der Waals surface area contributed by atoms with Crippen LogP contribution in [0.15, 0.2) is 91.0 Å². The van der Waals surface area contributed by atoms with Crippen LogP contribution in [0.2, 0.25) is 0 Å². The summed E-state index contributed by atoms with van der Waals surface area (Å²) in [6, 6.07) is 30.0. The van der Waals surface area contributed by atoms with Crippen molar-refractivity contribution in [2.75, 3.05) is 6.54 Å². The second kappa shape index (κ2) is 10.9. The van der Waals surface area contributed by atoms with Gasteiger partial charge in [0.05, 0.1) is 19.8 Å². The summed E-state index contributed by atoms with van der Waals surface area (Å²) in [5.41, 5.74) is 3.22. The van der Waals surface area contributed by atoms with Gasteiger partial charge in [-0.05, 0) is 21.4 Å². The summed E-state index contributed by atoms with van der Waals surface area (Å²) in [5, 5.41) is 10.3. The quantitative estimate of drug-likeness (QED) is 0.417. The van der Waals surface area contributed by atoms with Crippen molar-refractivity contribution in [1.82, 2.24) is 0 Å². The molecule has 0 saturated heterocycles. The van der Waals surface area contributed by atoms with E-state index in [0.717, 1.165) is 21.4 Å². The maximum Gasteiger partial charge on any atom is 0.224 e. The van der Waals surface area contributed by atoms with Crippen molar-refractivity contribution in [3.63, 3.8) is 0 Å². The Balaban J connectivity index is 1.47. The van der Waals surface area contributed by atoms with E-state index in [2.05, 4.69) is 0 Å². The van der Waals surface area contributed by atoms with Gasteiger partial charge in [-0.1, -0.05) is 91.0 Å². The highest BCUT2D eigenvalue weighted by Gasteiger charge is 2.41. The molecule has 0 bridgehead atoms. The zero-order valence-electron chi connectivity index (χ0n) is 17.4. The van der Waals surface area contributed by atoms with Gasteiger partial charge in [-0.3, -0.25) is 5.21 Å². The summed E-state index contributed by atoms with van der Waals surface area (Å²) in [7, 11) is 0. The smallest absolute Gasteiger partial charge is 0.224 e. The van der Waals surface area contributed by atoms with E-state index >= 15 is 0 Å². The van der Waals surface area contributed by atoms with E-state index in [1.165, 1.54) is 0 Å². The van der Waals surface area contributed by atoms with Crippen LogP contribution in [0.25, 0.3) is 0 Å². The van der Waals surface area contributed by atoms with Gasteiger partial charge in [0.1, 0.15) is 6.10 Å². The first-order chi connectivity index (χ1) is 15.3. The molecule has 1 aliphatic rings. The van der Waals surface area contributed by atoms with Crippen molar-refractivity contribution in [2.45, 2.75) is 38.1 Å². The largest absolute Gasteiger partial charge is 0.367 e. The normalized spacial score (nSPS) is 20.9. The first kappa shape index (κ1) is 21.2. The second-order valence-corrected chi connectivity index (χ2v) is 7.63. The summed E-state index contributed by atoms with van der Waals surface area (Å²) in [5.74, 6) is 0. The SMILES string of the molecule is O[N+]1=C[C@H](OCc2ccccc2)[C@@H](OCc2ccccc2)[C@H](OCc2ccccc2)C1. The molecule has 0 fully saturated rings. The van der Waals surface area contributed by atoms with Gasteiger partial charge in [-0.15, -0.1) is 0 Å². The predicted molar refractivity (Wildman–Crippen MR) is 118 cm³/mol. The van der Waals surface area contributed by atoms with Crippen molar-refractivity contribution in [3.8, 4) is 0 Å². The molecule has 5 nitrogen and oxygen atoms in total. The highest BCUT2D eigenvalue weighted by molar-refractivity contribution is 5.59. The average molecular weight is 419 g/mol. The van der Waals surface area contributed by atoms with Crippen molar-refractivity contribution in [1.29, 1.82) is 0 Å². The molecule has 5 heteroatoms. The van der Waals surface area contributed by atoms with Gasteiger partial charge in [0.25, 0.3) is 0 Å². The number of ether oxygens (including phenoxy) is 3. The van der Waals surface area contributed by atoms with E-state index in [1.807, 2.05) is 91.0 Å². The molecule has 4 rings (SSSR count). The molecule has 1 N–H and O–H groups in total. The van der Waals surface area contributed by atoms with Crippen LogP contribution in [0.3, 0.4) is 0 Å². The van der Waals surface area contributed by atoms with Gasteiger partial charge in [0.15, 0.2) is 12.2 Å². The first-order valence-electron chi connectivity index (χ1n) is 10.5. The fraction of sp³-hybridized carbons (Fsp3) is 0.269. The molecule has 0 saturated carbocycles. The molecule has 1 aliphatic heterocycles. The molecule has 0 unspecified atom stereocenters. The van der Waals surface area contributed by atoms with Gasteiger partial charge in [0.2, 0.25) is 12.8 Å². The molecule has 160 valence electrons. The Labute approximate surface area is 183 Å². The minimum Gasteiger partial charge on any atom is -0.367 e. The van der Waals surface area contributed by atoms with Crippen LogP contribution in [-0.4, -0.2) is 41.0 Å². The van der Waals surface area contributed by atoms with Gasteiger partial charge in [0, 0.05) is 0 Å². The first-order valence-corrected chi connectivity index (χ1v) is 10.5. The molecule has 1 heterocycles. The Kier molecular flexibility index (Phi) is 7.45. The summed E-state index contributed by atoms with van der Waals surface area (Å²) in [6.07, 6.45) is 0.528. The van der Waals surface area contributed by atoms with Crippen LogP contribution in [0.5, 0.6) is 0 Å². The van der Waals surface area contributed by atoms with Crippen LogP contribution < -0.4 is 0 Å². The van der Waals surface area contributed by atoms with Crippen LogP contribution in [0.4, 0.5) is 0 Å². The third-order valence-corrected chi connectivity index (χ3v) is 5.25. The maximum absolute atomic E-state index is 10.3. The van der Waals surface area contributed by atoms with E-state index < -0.39 is 6.10 Å². The third-order valence-electron chi connectivity index (χ3n) is 5.25. The van der Waals surface area contributed by atoms with E-state index in [9.17, 15) is 5.21 Å². The van der Waals surface area contributed by atoms with Crippen molar-refractivity contribution in [3.05, 3.63) is 108 Å². The Morgan fingerprint density at radius 1 is 0.645 bits per heavy atom. The van der Waals surface area contributed by atoms with E-state index in [0.29, 0.717) is 26.4 Å². The van der Waals surface area contributed by atoms with Gasteiger partial charge in [-0.2, -0.15) is 0 Å². The van der Waals surface area contributed by atoms with E-state index in [-0.39, 0.29) is 12.2 Å². The maximum atomic E-state index is 10.3. The molecule has 0 radical (unpaired) electrons. The minimum atomic E-state index is -0.441. The molecule has 0 aliphatic carbocycles.